The van der Waals surface area contributed by atoms with Gasteiger partial charge in [-0.25, -0.2) is 17.5 Å². The molecule has 0 aromatic heterocycles. The number of aryl methyl sites for hydroxylation is 1. The highest BCUT2D eigenvalue weighted by atomic mass is 32.2. The van der Waals surface area contributed by atoms with Crippen molar-refractivity contribution in [1.29, 1.82) is 0 Å². The summed E-state index contributed by atoms with van der Waals surface area (Å²) in [5, 5.41) is 0. The van der Waals surface area contributed by atoms with Crippen LogP contribution >= 0.6 is 0 Å². The smallest absolute Gasteiger partial charge is 0.215 e. The zero-order valence-electron chi connectivity index (χ0n) is 13.0. The molecule has 1 N–H and O–H groups in total. The Kier molecular flexibility index (Phi) is 6.12. The van der Waals surface area contributed by atoms with Gasteiger partial charge in [0.05, 0.1) is 12.9 Å². The molecular formula is C17H20FNO3S. The fraction of sp³-hybridized carbons (Fsp3) is 0.294. The van der Waals surface area contributed by atoms with Crippen LogP contribution in [0.1, 0.15) is 17.5 Å². The van der Waals surface area contributed by atoms with E-state index in [-0.39, 0.29) is 11.6 Å². The average Bonchev–Trinajstić information content (AvgIpc) is 2.54. The number of ether oxygens (including phenoxy) is 1. The predicted octanol–water partition coefficient (Wildman–Crippen LogP) is 2.89. The van der Waals surface area contributed by atoms with Crippen molar-refractivity contribution in [3.8, 4) is 5.75 Å². The zero-order chi connectivity index (χ0) is 16.7. The summed E-state index contributed by atoms with van der Waals surface area (Å²) in [5.74, 6) is 0.267. The van der Waals surface area contributed by atoms with E-state index >= 15 is 0 Å². The molecule has 4 nitrogen and oxygen atoms in total. The third-order valence-corrected chi connectivity index (χ3v) is 4.73. The minimum atomic E-state index is -3.41. The molecule has 0 fully saturated rings. The van der Waals surface area contributed by atoms with Gasteiger partial charge in [-0.2, -0.15) is 0 Å². The van der Waals surface area contributed by atoms with Crippen molar-refractivity contribution in [2.75, 3.05) is 13.7 Å². The van der Waals surface area contributed by atoms with Gasteiger partial charge >= 0.3 is 0 Å². The van der Waals surface area contributed by atoms with E-state index < -0.39 is 10.0 Å². The van der Waals surface area contributed by atoms with E-state index in [2.05, 4.69) is 4.72 Å². The van der Waals surface area contributed by atoms with Gasteiger partial charge < -0.3 is 4.74 Å². The number of rotatable bonds is 8. The molecule has 23 heavy (non-hydrogen) atoms. The third kappa shape index (κ3) is 6.00. The van der Waals surface area contributed by atoms with Crippen molar-refractivity contribution < 1.29 is 17.5 Å². The van der Waals surface area contributed by atoms with Gasteiger partial charge in [0.15, 0.2) is 0 Å². The first kappa shape index (κ1) is 17.4. The predicted molar refractivity (Wildman–Crippen MR) is 88.3 cm³/mol. The van der Waals surface area contributed by atoms with E-state index in [9.17, 15) is 12.8 Å². The first-order chi connectivity index (χ1) is 11.0. The van der Waals surface area contributed by atoms with Crippen LogP contribution in [0.3, 0.4) is 0 Å². The normalized spacial score (nSPS) is 11.4. The van der Waals surface area contributed by atoms with Crippen LogP contribution in [-0.4, -0.2) is 22.1 Å². The van der Waals surface area contributed by atoms with Gasteiger partial charge in [-0.05, 0) is 48.2 Å². The Labute approximate surface area is 136 Å². The number of benzene rings is 2. The molecule has 0 atom stereocenters. The molecule has 0 unspecified atom stereocenters. The molecule has 0 saturated heterocycles. The zero-order valence-corrected chi connectivity index (χ0v) is 13.8. The highest BCUT2D eigenvalue weighted by molar-refractivity contribution is 7.88. The quantitative estimate of drug-likeness (QED) is 0.754. The Balaban J connectivity index is 1.79. The van der Waals surface area contributed by atoms with Crippen LogP contribution in [0.2, 0.25) is 0 Å². The monoisotopic (exact) mass is 337 g/mol. The molecule has 124 valence electrons. The van der Waals surface area contributed by atoms with Crippen molar-refractivity contribution in [2.45, 2.75) is 18.6 Å². The van der Waals surface area contributed by atoms with E-state index in [0.717, 1.165) is 17.7 Å². The van der Waals surface area contributed by atoms with Crippen molar-refractivity contribution in [1.82, 2.24) is 4.72 Å². The van der Waals surface area contributed by atoms with Crippen molar-refractivity contribution in [3.63, 3.8) is 0 Å². The molecule has 2 rings (SSSR count). The Morgan fingerprint density at radius 2 is 1.83 bits per heavy atom. The van der Waals surface area contributed by atoms with E-state index in [0.29, 0.717) is 18.5 Å². The van der Waals surface area contributed by atoms with Crippen LogP contribution in [0, 0.1) is 5.82 Å². The van der Waals surface area contributed by atoms with Crippen LogP contribution in [0.15, 0.2) is 48.5 Å². The Morgan fingerprint density at radius 1 is 1.09 bits per heavy atom. The molecule has 0 heterocycles. The largest absolute Gasteiger partial charge is 0.497 e. The maximum atomic E-state index is 12.8. The summed E-state index contributed by atoms with van der Waals surface area (Å²) in [6.07, 6.45) is 1.45. The lowest BCUT2D eigenvalue weighted by atomic mass is 10.1. The van der Waals surface area contributed by atoms with E-state index in [1.54, 1.807) is 7.11 Å². The van der Waals surface area contributed by atoms with Gasteiger partial charge in [-0.1, -0.05) is 24.3 Å². The number of hydrogen-bond acceptors (Lipinski definition) is 3. The van der Waals surface area contributed by atoms with Crippen LogP contribution < -0.4 is 9.46 Å². The highest BCUT2D eigenvalue weighted by Gasteiger charge is 2.10. The number of sulfonamides is 1. The van der Waals surface area contributed by atoms with E-state index in [1.165, 1.54) is 24.3 Å². The molecule has 0 radical (unpaired) electrons. The molecule has 0 aliphatic rings. The summed E-state index contributed by atoms with van der Waals surface area (Å²) in [6.45, 7) is 0.362. The molecule has 2 aromatic carbocycles. The Hall–Kier alpha value is -1.92. The van der Waals surface area contributed by atoms with Crippen LogP contribution in [0.5, 0.6) is 5.75 Å². The summed E-state index contributed by atoms with van der Waals surface area (Å²) in [5.41, 5.74) is 1.66. The average molecular weight is 337 g/mol. The first-order valence-corrected chi connectivity index (χ1v) is 8.98. The lowest BCUT2D eigenvalue weighted by Crippen LogP contribution is -2.26. The molecule has 0 bridgehead atoms. The lowest BCUT2D eigenvalue weighted by molar-refractivity contribution is 0.414. The SMILES string of the molecule is COc1cccc(CCCNS(=O)(=O)Cc2ccc(F)cc2)c1. The van der Waals surface area contributed by atoms with Gasteiger partial charge in [0.25, 0.3) is 0 Å². The van der Waals surface area contributed by atoms with Crippen molar-refractivity contribution in [2.24, 2.45) is 0 Å². The second-order valence-electron chi connectivity index (χ2n) is 5.23. The summed E-state index contributed by atoms with van der Waals surface area (Å²) in [6, 6.07) is 13.2. The van der Waals surface area contributed by atoms with Crippen molar-refractivity contribution in [3.05, 3.63) is 65.5 Å². The minimum absolute atomic E-state index is 0.146. The van der Waals surface area contributed by atoms with Gasteiger partial charge in [-0.15, -0.1) is 0 Å². The van der Waals surface area contributed by atoms with Crippen molar-refractivity contribution >= 4 is 10.0 Å². The fourth-order valence-electron chi connectivity index (χ4n) is 2.20. The molecular weight excluding hydrogens is 317 g/mol. The first-order valence-electron chi connectivity index (χ1n) is 7.33. The minimum Gasteiger partial charge on any atom is -0.497 e. The van der Waals surface area contributed by atoms with Gasteiger partial charge in [0, 0.05) is 6.54 Å². The second-order valence-corrected chi connectivity index (χ2v) is 7.04. The molecule has 2 aromatic rings. The number of halogens is 1. The number of methoxy groups -OCH3 is 1. The molecule has 0 aliphatic carbocycles. The molecule has 0 spiro atoms. The van der Waals surface area contributed by atoms with Gasteiger partial charge in [0.2, 0.25) is 10.0 Å². The summed E-state index contributed by atoms with van der Waals surface area (Å²) < 4.78 is 44.5. The summed E-state index contributed by atoms with van der Waals surface area (Å²) in [7, 11) is -1.80. The molecule has 0 saturated carbocycles. The number of nitrogens with one attached hydrogen (secondary N) is 1. The molecule has 0 aliphatic heterocycles. The van der Waals surface area contributed by atoms with Crippen LogP contribution in [0.25, 0.3) is 0 Å². The Morgan fingerprint density at radius 3 is 2.52 bits per heavy atom. The van der Waals surface area contributed by atoms with Gasteiger partial charge in [-0.3, -0.25) is 0 Å². The molecule has 6 heteroatoms. The lowest BCUT2D eigenvalue weighted by Gasteiger charge is -2.08. The summed E-state index contributed by atoms with van der Waals surface area (Å²) >= 11 is 0. The van der Waals surface area contributed by atoms with Crippen LogP contribution in [-0.2, 0) is 22.2 Å². The Bertz CT molecular complexity index is 730. The van der Waals surface area contributed by atoms with E-state index in [1.807, 2.05) is 24.3 Å². The summed E-state index contributed by atoms with van der Waals surface area (Å²) in [4.78, 5) is 0. The highest BCUT2D eigenvalue weighted by Crippen LogP contribution is 2.13. The fourth-order valence-corrected chi connectivity index (χ4v) is 3.39. The van der Waals surface area contributed by atoms with Gasteiger partial charge in [0.1, 0.15) is 11.6 Å². The second kappa shape index (κ2) is 8.08. The maximum Gasteiger partial charge on any atom is 0.215 e. The molecule has 0 amide bonds. The standard InChI is InChI=1S/C17H20FNO3S/c1-22-17-6-2-4-14(12-17)5-3-11-19-23(20,21)13-15-7-9-16(18)10-8-15/h2,4,6-10,12,19H,3,5,11,13H2,1H3. The number of hydrogen-bond donors (Lipinski definition) is 1. The van der Waals surface area contributed by atoms with E-state index in [4.69, 9.17) is 4.74 Å². The topological polar surface area (TPSA) is 55.4 Å². The maximum absolute atomic E-state index is 12.8. The third-order valence-electron chi connectivity index (χ3n) is 3.37. The van der Waals surface area contributed by atoms with Crippen LogP contribution in [0.4, 0.5) is 4.39 Å².